The number of aliphatic hydroxyl groups is 1. The molecule has 0 radical (unpaired) electrons. The summed E-state index contributed by atoms with van der Waals surface area (Å²) in [6, 6.07) is 0. The minimum atomic E-state index is -4.53. The molecule has 0 amide bonds. The molecule has 0 aromatic carbocycles. The summed E-state index contributed by atoms with van der Waals surface area (Å²) in [7, 11) is 3.73. The van der Waals surface area contributed by atoms with Crippen molar-refractivity contribution in [3.63, 3.8) is 0 Å². The van der Waals surface area contributed by atoms with Gasteiger partial charge in [0.2, 0.25) is 0 Å². The number of carboxylic acids is 1. The summed E-state index contributed by atoms with van der Waals surface area (Å²) >= 11 is 0. The Balaban J connectivity index is 2.83. The van der Waals surface area contributed by atoms with Gasteiger partial charge in [0.1, 0.15) is 0 Å². The Morgan fingerprint density at radius 1 is 1.41 bits per heavy atom. The highest BCUT2D eigenvalue weighted by Crippen LogP contribution is 2.45. The first-order valence-electron chi connectivity index (χ1n) is 8.83. The number of rotatable bonds is 6. The molecule has 3 atom stereocenters. The summed E-state index contributed by atoms with van der Waals surface area (Å²) < 4.78 is 43.1. The molecule has 0 spiro atoms. The molecule has 5 nitrogen and oxygen atoms in total. The van der Waals surface area contributed by atoms with Crippen LogP contribution in [0, 0.1) is 18.3 Å². The lowest BCUT2D eigenvalue weighted by molar-refractivity contribution is -0.186. The van der Waals surface area contributed by atoms with Crippen molar-refractivity contribution in [2.45, 2.75) is 46.0 Å². The predicted molar refractivity (Wildman–Crippen MR) is 96.6 cm³/mol. The third-order valence-corrected chi connectivity index (χ3v) is 5.54. The minimum Gasteiger partial charge on any atom is -0.481 e. The van der Waals surface area contributed by atoms with Crippen LogP contribution in [-0.2, 0) is 17.8 Å². The molecule has 3 unspecified atom stereocenters. The second-order valence-corrected chi connectivity index (χ2v) is 7.76. The van der Waals surface area contributed by atoms with Crippen molar-refractivity contribution in [3.05, 3.63) is 21.8 Å². The molecule has 1 aliphatic carbocycles. The van der Waals surface area contributed by atoms with Crippen molar-refractivity contribution in [3.8, 4) is 0 Å². The number of aliphatic hydroxyl groups excluding tert-OH is 1. The summed E-state index contributed by atoms with van der Waals surface area (Å²) in [5.74, 6) is -2.90. The van der Waals surface area contributed by atoms with Crippen molar-refractivity contribution in [1.82, 2.24) is 9.47 Å². The fourth-order valence-electron chi connectivity index (χ4n) is 3.71. The lowest BCUT2D eigenvalue weighted by atomic mass is 9.70. The predicted octanol–water partition coefficient (Wildman–Crippen LogP) is 1.13. The number of nitrogens with zero attached hydrogens (tertiary/aromatic N) is 2. The van der Waals surface area contributed by atoms with Gasteiger partial charge in [-0.05, 0) is 39.6 Å². The SMILES string of the molecule is Cc1c(CC(=O)O)c2c(n1CCN(C)C)=CC(C(F)(F)F)C(C)(C(C)O)C=2. The van der Waals surface area contributed by atoms with Gasteiger partial charge in [-0.2, -0.15) is 13.2 Å². The van der Waals surface area contributed by atoms with Crippen LogP contribution >= 0.6 is 0 Å². The highest BCUT2D eigenvalue weighted by atomic mass is 19.4. The molecule has 2 N–H and O–H groups in total. The zero-order chi connectivity index (χ0) is 20.7. The molecular formula is C19H27F3N2O3. The maximum atomic E-state index is 13.8. The first-order chi connectivity index (χ1) is 12.3. The molecule has 0 fully saturated rings. The Morgan fingerprint density at radius 3 is 2.44 bits per heavy atom. The van der Waals surface area contributed by atoms with E-state index in [9.17, 15) is 28.2 Å². The lowest BCUT2D eigenvalue weighted by Crippen LogP contribution is -2.50. The Hall–Kier alpha value is -1.80. The second-order valence-electron chi connectivity index (χ2n) is 7.76. The normalized spacial score (nSPS) is 23.6. The van der Waals surface area contributed by atoms with Crippen molar-refractivity contribution < 1.29 is 28.2 Å². The van der Waals surface area contributed by atoms with Crippen LogP contribution in [0.2, 0.25) is 0 Å². The van der Waals surface area contributed by atoms with Crippen LogP contribution in [0.1, 0.15) is 25.1 Å². The molecule has 1 aliphatic rings. The maximum Gasteiger partial charge on any atom is 0.396 e. The number of likely N-dealkylation sites (N-methyl/N-ethyl adjacent to an activating group) is 1. The summed E-state index contributed by atoms with van der Waals surface area (Å²) in [6.45, 7) is 5.48. The fourth-order valence-corrected chi connectivity index (χ4v) is 3.71. The van der Waals surface area contributed by atoms with Gasteiger partial charge in [0.25, 0.3) is 0 Å². The van der Waals surface area contributed by atoms with Gasteiger partial charge in [0, 0.05) is 34.8 Å². The third kappa shape index (κ3) is 4.06. The number of fused-ring (bicyclic) bond motifs is 1. The van der Waals surface area contributed by atoms with Gasteiger partial charge in [0.15, 0.2) is 0 Å². The van der Waals surface area contributed by atoms with Gasteiger partial charge in [-0.3, -0.25) is 4.79 Å². The lowest BCUT2D eigenvalue weighted by Gasteiger charge is -2.38. The number of aliphatic carboxylic acids is 1. The Labute approximate surface area is 156 Å². The summed E-state index contributed by atoms with van der Waals surface area (Å²) in [5.41, 5.74) is -0.425. The standard InChI is InChI=1S/C19H27F3N2O3/c1-11-13(8-17(26)27)14-10-18(3,12(2)25)16(19(20,21)22)9-15(14)24(11)7-6-23(4)5/h9-10,12,16,25H,6-8H2,1-5H3,(H,26,27). The largest absolute Gasteiger partial charge is 0.481 e. The van der Waals surface area contributed by atoms with Gasteiger partial charge >= 0.3 is 12.1 Å². The van der Waals surface area contributed by atoms with E-state index < -0.39 is 29.6 Å². The van der Waals surface area contributed by atoms with E-state index in [1.807, 2.05) is 19.0 Å². The second kappa shape index (κ2) is 7.31. The molecule has 0 bridgehead atoms. The average Bonchev–Trinajstić information content (AvgIpc) is 2.74. The van der Waals surface area contributed by atoms with Crippen LogP contribution in [0.4, 0.5) is 13.2 Å². The van der Waals surface area contributed by atoms with E-state index in [1.165, 1.54) is 19.9 Å². The van der Waals surface area contributed by atoms with Crippen LogP contribution in [0.25, 0.3) is 12.2 Å². The van der Waals surface area contributed by atoms with E-state index in [0.29, 0.717) is 34.9 Å². The van der Waals surface area contributed by atoms with Gasteiger partial charge < -0.3 is 19.7 Å². The van der Waals surface area contributed by atoms with E-state index in [0.717, 1.165) is 6.08 Å². The highest BCUT2D eigenvalue weighted by molar-refractivity contribution is 5.71. The first kappa shape index (κ1) is 21.5. The monoisotopic (exact) mass is 388 g/mol. The molecule has 0 aliphatic heterocycles. The molecule has 27 heavy (non-hydrogen) atoms. The van der Waals surface area contributed by atoms with E-state index >= 15 is 0 Å². The fraction of sp³-hybridized carbons (Fsp3) is 0.632. The number of aromatic nitrogens is 1. The minimum absolute atomic E-state index is 0.278. The number of carbonyl (C=O) groups is 1. The molecule has 152 valence electrons. The summed E-state index contributed by atoms with van der Waals surface area (Å²) in [5, 5.41) is 20.3. The van der Waals surface area contributed by atoms with Crippen LogP contribution in [0.15, 0.2) is 0 Å². The van der Waals surface area contributed by atoms with Crippen LogP contribution in [0.5, 0.6) is 0 Å². The number of hydrogen-bond acceptors (Lipinski definition) is 3. The average molecular weight is 388 g/mol. The number of halogens is 3. The van der Waals surface area contributed by atoms with Crippen LogP contribution < -0.4 is 10.6 Å². The van der Waals surface area contributed by atoms with Gasteiger partial charge in [-0.1, -0.05) is 13.0 Å². The zero-order valence-electron chi connectivity index (χ0n) is 16.3. The number of alkyl halides is 3. The highest BCUT2D eigenvalue weighted by Gasteiger charge is 2.52. The third-order valence-electron chi connectivity index (χ3n) is 5.54. The van der Waals surface area contributed by atoms with Gasteiger partial charge in [-0.25, -0.2) is 0 Å². The van der Waals surface area contributed by atoms with Crippen molar-refractivity contribution in [2.24, 2.45) is 11.3 Å². The number of carboxylic acid groups (broad SMARTS) is 1. The molecule has 1 heterocycles. The molecule has 2 rings (SSSR count). The van der Waals surface area contributed by atoms with Crippen molar-refractivity contribution in [1.29, 1.82) is 0 Å². The summed E-state index contributed by atoms with van der Waals surface area (Å²) in [6.07, 6.45) is -3.49. The Bertz CT molecular complexity index is 840. The van der Waals surface area contributed by atoms with Crippen LogP contribution in [-0.4, -0.2) is 58.6 Å². The van der Waals surface area contributed by atoms with Crippen molar-refractivity contribution in [2.75, 3.05) is 20.6 Å². The quantitative estimate of drug-likeness (QED) is 0.767. The molecular weight excluding hydrogens is 361 g/mol. The van der Waals surface area contributed by atoms with E-state index in [1.54, 1.807) is 11.5 Å². The van der Waals surface area contributed by atoms with Gasteiger partial charge in [-0.15, -0.1) is 0 Å². The molecule has 0 saturated heterocycles. The van der Waals surface area contributed by atoms with Crippen LogP contribution in [0.3, 0.4) is 0 Å². The van der Waals surface area contributed by atoms with Crippen molar-refractivity contribution >= 4 is 18.1 Å². The maximum absolute atomic E-state index is 13.8. The molecule has 1 aromatic heterocycles. The Kier molecular flexibility index (Phi) is 5.82. The topological polar surface area (TPSA) is 65.7 Å². The first-order valence-corrected chi connectivity index (χ1v) is 8.83. The molecule has 1 aromatic rings. The Morgan fingerprint density at radius 2 is 2.00 bits per heavy atom. The smallest absolute Gasteiger partial charge is 0.396 e. The number of hydrogen-bond donors (Lipinski definition) is 2. The molecule has 0 saturated carbocycles. The van der Waals surface area contributed by atoms with E-state index in [2.05, 4.69) is 0 Å². The molecule has 8 heteroatoms. The van der Waals surface area contributed by atoms with E-state index in [-0.39, 0.29) is 6.42 Å². The zero-order valence-corrected chi connectivity index (χ0v) is 16.3. The van der Waals surface area contributed by atoms with Gasteiger partial charge in [0.05, 0.1) is 18.4 Å². The van der Waals surface area contributed by atoms with E-state index in [4.69, 9.17) is 0 Å². The summed E-state index contributed by atoms with van der Waals surface area (Å²) in [4.78, 5) is 13.2.